The molecule has 1 aromatic heterocycles. The van der Waals surface area contributed by atoms with Crippen molar-refractivity contribution in [1.29, 1.82) is 0 Å². The number of carbonyl (C=O) groups excluding carboxylic acids is 3. The van der Waals surface area contributed by atoms with Crippen molar-refractivity contribution in [3.8, 4) is 0 Å². The van der Waals surface area contributed by atoms with Gasteiger partial charge in [0.15, 0.2) is 0 Å². The minimum absolute atomic E-state index is 0.0881. The summed E-state index contributed by atoms with van der Waals surface area (Å²) < 4.78 is 11.6. The molecular weight excluding hydrogens is 388 g/mol. The first-order valence-electron chi connectivity index (χ1n) is 9.20. The number of aromatic nitrogens is 1. The summed E-state index contributed by atoms with van der Waals surface area (Å²) in [6, 6.07) is 8.13. The fraction of sp³-hybridized carbons (Fsp3) is 0.286. The van der Waals surface area contributed by atoms with Gasteiger partial charge in [-0.1, -0.05) is 12.7 Å². The van der Waals surface area contributed by atoms with Gasteiger partial charge < -0.3 is 19.4 Å². The Morgan fingerprint density at radius 1 is 1.00 bits per heavy atom. The van der Waals surface area contributed by atoms with E-state index < -0.39 is 17.8 Å². The fourth-order valence-electron chi connectivity index (χ4n) is 2.40. The predicted molar refractivity (Wildman–Crippen MR) is 115 cm³/mol. The zero-order valence-electron chi connectivity index (χ0n) is 17.4. The van der Waals surface area contributed by atoms with E-state index in [-0.39, 0.29) is 12.5 Å². The molecule has 0 spiro atoms. The Kier molecular flexibility index (Phi) is 7.24. The van der Waals surface area contributed by atoms with Gasteiger partial charge in [-0.25, -0.2) is 9.59 Å². The number of hydrogen-bond donors (Lipinski definition) is 3. The summed E-state index contributed by atoms with van der Waals surface area (Å²) in [7, 11) is 1.68. The van der Waals surface area contributed by atoms with Gasteiger partial charge in [0.05, 0.1) is 5.69 Å². The number of rotatable bonds is 6. The lowest BCUT2D eigenvalue weighted by Gasteiger charge is -2.19. The van der Waals surface area contributed by atoms with E-state index in [4.69, 9.17) is 9.47 Å². The monoisotopic (exact) mass is 414 g/mol. The van der Waals surface area contributed by atoms with Crippen molar-refractivity contribution in [2.75, 3.05) is 22.6 Å². The van der Waals surface area contributed by atoms with E-state index >= 15 is 0 Å². The van der Waals surface area contributed by atoms with Crippen molar-refractivity contribution >= 4 is 35.2 Å². The lowest BCUT2D eigenvalue weighted by atomic mass is 10.2. The lowest BCUT2D eigenvalue weighted by molar-refractivity contribution is 0.0635. The van der Waals surface area contributed by atoms with Crippen LogP contribution in [0.4, 0.5) is 26.7 Å². The van der Waals surface area contributed by atoms with Crippen LogP contribution in [0.1, 0.15) is 31.3 Å². The van der Waals surface area contributed by atoms with Crippen LogP contribution >= 0.6 is 0 Å². The molecule has 1 heterocycles. The number of ether oxygens (including phenoxy) is 2. The summed E-state index contributed by atoms with van der Waals surface area (Å²) in [5.74, 6) is -0.363. The van der Waals surface area contributed by atoms with Gasteiger partial charge in [-0.3, -0.25) is 15.4 Å². The Balaban J connectivity index is 1.97. The largest absolute Gasteiger partial charge is 0.445 e. The van der Waals surface area contributed by atoms with Crippen molar-refractivity contribution < 1.29 is 23.9 Å². The number of amides is 3. The van der Waals surface area contributed by atoms with Crippen LogP contribution in [0.25, 0.3) is 0 Å². The van der Waals surface area contributed by atoms with Crippen LogP contribution in [0.5, 0.6) is 0 Å². The van der Waals surface area contributed by atoms with Crippen LogP contribution in [0.2, 0.25) is 0 Å². The molecule has 160 valence electrons. The second kappa shape index (κ2) is 9.64. The normalized spacial score (nSPS) is 10.7. The Morgan fingerprint density at radius 2 is 1.57 bits per heavy atom. The first-order chi connectivity index (χ1) is 14.1. The quantitative estimate of drug-likeness (QED) is 0.608. The SMILES string of the molecule is C=CCOC(=O)Nc1cc(C(=O)Nc2ccc(NC(=O)OC(C)(C)C)cc2)n(C)c1. The fourth-order valence-corrected chi connectivity index (χ4v) is 2.40. The number of aryl methyl sites for hydroxylation is 1. The molecule has 9 nitrogen and oxygen atoms in total. The molecule has 3 N–H and O–H groups in total. The summed E-state index contributed by atoms with van der Waals surface area (Å²) in [6.07, 6.45) is 1.85. The highest BCUT2D eigenvalue weighted by Gasteiger charge is 2.17. The topological polar surface area (TPSA) is 111 Å². The summed E-state index contributed by atoms with van der Waals surface area (Å²) >= 11 is 0. The molecule has 2 rings (SSSR count). The molecule has 0 aliphatic carbocycles. The van der Waals surface area contributed by atoms with Gasteiger partial charge in [0.25, 0.3) is 5.91 Å². The molecule has 9 heteroatoms. The molecule has 0 saturated heterocycles. The van der Waals surface area contributed by atoms with E-state index in [2.05, 4.69) is 22.5 Å². The van der Waals surface area contributed by atoms with Crippen LogP contribution < -0.4 is 16.0 Å². The summed E-state index contributed by atoms with van der Waals surface area (Å²) in [4.78, 5) is 36.0. The molecule has 30 heavy (non-hydrogen) atoms. The maximum absolute atomic E-state index is 12.5. The molecular formula is C21H26N4O5. The van der Waals surface area contributed by atoms with Crippen molar-refractivity contribution in [3.63, 3.8) is 0 Å². The van der Waals surface area contributed by atoms with Crippen LogP contribution in [0, 0.1) is 0 Å². The van der Waals surface area contributed by atoms with Gasteiger partial charge in [0.2, 0.25) is 0 Å². The maximum atomic E-state index is 12.5. The molecule has 0 saturated carbocycles. The number of benzene rings is 1. The number of hydrogen-bond acceptors (Lipinski definition) is 5. The summed E-state index contributed by atoms with van der Waals surface area (Å²) in [5.41, 5.74) is 1.24. The molecule has 0 aliphatic heterocycles. The van der Waals surface area contributed by atoms with Crippen molar-refractivity contribution in [2.45, 2.75) is 26.4 Å². The van der Waals surface area contributed by atoms with E-state index in [1.165, 1.54) is 12.1 Å². The number of anilines is 3. The standard InChI is InChI=1S/C21H26N4O5/c1-6-11-29-19(27)24-16-12-17(25(5)13-16)18(26)22-14-7-9-15(10-8-14)23-20(28)30-21(2,3)4/h6-10,12-13H,1,11H2,2-5H3,(H,22,26)(H,23,28)(H,24,27). The van der Waals surface area contributed by atoms with Crippen molar-refractivity contribution in [1.82, 2.24) is 4.57 Å². The minimum atomic E-state index is -0.638. The molecule has 0 fully saturated rings. The Bertz CT molecular complexity index is 926. The molecule has 1 aromatic carbocycles. The van der Waals surface area contributed by atoms with Gasteiger partial charge in [0, 0.05) is 24.6 Å². The van der Waals surface area contributed by atoms with E-state index in [1.54, 1.807) is 62.8 Å². The first-order valence-corrected chi connectivity index (χ1v) is 9.20. The van der Waals surface area contributed by atoms with E-state index in [9.17, 15) is 14.4 Å². The average molecular weight is 414 g/mol. The molecule has 2 aromatic rings. The smallest absolute Gasteiger partial charge is 0.412 e. The third-order valence-corrected chi connectivity index (χ3v) is 3.60. The maximum Gasteiger partial charge on any atom is 0.412 e. The lowest BCUT2D eigenvalue weighted by Crippen LogP contribution is -2.27. The van der Waals surface area contributed by atoms with Gasteiger partial charge in [-0.05, 0) is 51.1 Å². The number of nitrogens with one attached hydrogen (secondary N) is 3. The van der Waals surface area contributed by atoms with Crippen LogP contribution in [-0.4, -0.2) is 34.9 Å². The third kappa shape index (κ3) is 7.01. The van der Waals surface area contributed by atoms with Gasteiger partial charge in [0.1, 0.15) is 17.9 Å². The van der Waals surface area contributed by atoms with Crippen molar-refractivity contribution in [3.05, 3.63) is 54.9 Å². The van der Waals surface area contributed by atoms with E-state index in [0.717, 1.165) is 0 Å². The second-order valence-corrected chi connectivity index (χ2v) is 7.40. The zero-order chi connectivity index (χ0) is 22.3. The molecule has 0 unspecified atom stereocenters. The van der Waals surface area contributed by atoms with Crippen LogP contribution in [-0.2, 0) is 16.5 Å². The Hall–Kier alpha value is -3.75. The molecule has 0 bridgehead atoms. The van der Waals surface area contributed by atoms with E-state index in [1.807, 2.05) is 0 Å². The average Bonchev–Trinajstić information content (AvgIpc) is 3.00. The van der Waals surface area contributed by atoms with E-state index in [0.29, 0.717) is 22.8 Å². The first kappa shape index (κ1) is 22.5. The van der Waals surface area contributed by atoms with Crippen LogP contribution in [0.15, 0.2) is 49.2 Å². The van der Waals surface area contributed by atoms with Crippen LogP contribution in [0.3, 0.4) is 0 Å². The summed E-state index contributed by atoms with van der Waals surface area (Å²) in [5, 5.41) is 7.91. The van der Waals surface area contributed by atoms with Gasteiger partial charge >= 0.3 is 12.2 Å². The molecule has 0 atom stereocenters. The highest BCUT2D eigenvalue weighted by molar-refractivity contribution is 6.04. The Morgan fingerprint density at radius 3 is 2.13 bits per heavy atom. The number of nitrogens with zero attached hydrogens (tertiary/aromatic N) is 1. The highest BCUT2D eigenvalue weighted by atomic mass is 16.6. The van der Waals surface area contributed by atoms with Gasteiger partial charge in [-0.15, -0.1) is 0 Å². The second-order valence-electron chi connectivity index (χ2n) is 7.40. The minimum Gasteiger partial charge on any atom is -0.445 e. The zero-order valence-corrected chi connectivity index (χ0v) is 17.4. The predicted octanol–water partition coefficient (Wildman–Crippen LogP) is 4.36. The van der Waals surface area contributed by atoms with Crippen molar-refractivity contribution in [2.24, 2.45) is 7.05 Å². The molecule has 3 amide bonds. The van der Waals surface area contributed by atoms with Gasteiger partial charge in [-0.2, -0.15) is 0 Å². The third-order valence-electron chi connectivity index (χ3n) is 3.60. The molecule has 0 aliphatic rings. The Labute approximate surface area is 175 Å². The number of carbonyl (C=O) groups is 3. The summed E-state index contributed by atoms with van der Waals surface area (Å²) in [6.45, 7) is 8.89. The molecule has 0 radical (unpaired) electrons. The highest BCUT2D eigenvalue weighted by Crippen LogP contribution is 2.18.